The van der Waals surface area contributed by atoms with E-state index < -0.39 is 5.82 Å². The van der Waals surface area contributed by atoms with E-state index in [1.54, 1.807) is 19.4 Å². The van der Waals surface area contributed by atoms with Gasteiger partial charge in [0, 0.05) is 38.4 Å². The molecule has 2 atom stereocenters. The zero-order valence-corrected chi connectivity index (χ0v) is 16.5. The van der Waals surface area contributed by atoms with Gasteiger partial charge in [-0.3, -0.25) is 14.4 Å². The number of carbonyl (C=O) groups excluding carboxylic acids is 1. The van der Waals surface area contributed by atoms with Crippen molar-refractivity contribution in [1.82, 2.24) is 14.7 Å². The number of hydrogen-bond donors (Lipinski definition) is 1. The minimum absolute atomic E-state index is 0.0784. The lowest BCUT2D eigenvalue weighted by molar-refractivity contribution is -0.117. The van der Waals surface area contributed by atoms with Gasteiger partial charge >= 0.3 is 0 Å². The van der Waals surface area contributed by atoms with Gasteiger partial charge in [0.25, 0.3) is 0 Å². The molecule has 0 unspecified atom stereocenters. The van der Waals surface area contributed by atoms with Crippen LogP contribution >= 0.6 is 11.6 Å². The number of ether oxygens (including phenoxy) is 1. The molecule has 1 saturated heterocycles. The van der Waals surface area contributed by atoms with Crippen LogP contribution in [0, 0.1) is 11.7 Å². The number of likely N-dealkylation sites (tertiary alicyclic amines) is 1. The van der Waals surface area contributed by atoms with Gasteiger partial charge in [-0.1, -0.05) is 17.7 Å². The summed E-state index contributed by atoms with van der Waals surface area (Å²) in [5.41, 5.74) is 1.61. The number of anilines is 1. The van der Waals surface area contributed by atoms with E-state index >= 15 is 0 Å². The van der Waals surface area contributed by atoms with Gasteiger partial charge in [0.2, 0.25) is 5.91 Å². The third-order valence-electron chi connectivity index (χ3n) is 5.43. The number of hydrogen-bond acceptors (Lipinski definition) is 4. The maximum atomic E-state index is 13.8. The monoisotopic (exact) mass is 406 g/mol. The zero-order chi connectivity index (χ0) is 19.7. The molecule has 1 aromatic heterocycles. The minimum Gasteiger partial charge on any atom is -0.383 e. The Bertz CT molecular complexity index is 854. The van der Waals surface area contributed by atoms with E-state index in [4.69, 9.17) is 16.3 Å². The van der Waals surface area contributed by atoms with Crippen molar-refractivity contribution in [3.63, 3.8) is 0 Å². The Balaban J connectivity index is 1.43. The standard InChI is InChI=1S/C20H24ClFN4O2/c1-28-12-17-7-16(11-25(17)9-13-2-5-18(21)19(22)6-13)26-10-15(8-23-26)24-20(27)14-3-4-14/h2,5-6,8,10,14,16-17H,3-4,7,9,11-12H2,1H3,(H,24,27)/t16-,17-/m0/s1. The van der Waals surface area contributed by atoms with Crippen LogP contribution in [0.1, 0.15) is 30.9 Å². The molecule has 0 bridgehead atoms. The van der Waals surface area contributed by atoms with Crippen molar-refractivity contribution in [2.75, 3.05) is 25.6 Å². The molecule has 1 aromatic carbocycles. The molecule has 1 aliphatic carbocycles. The number of benzene rings is 1. The van der Waals surface area contributed by atoms with E-state index in [0.717, 1.165) is 37.1 Å². The molecule has 6 nitrogen and oxygen atoms in total. The van der Waals surface area contributed by atoms with Crippen LogP contribution in [-0.4, -0.2) is 46.9 Å². The molecular formula is C20H24ClFN4O2. The van der Waals surface area contributed by atoms with Crippen LogP contribution < -0.4 is 5.32 Å². The summed E-state index contributed by atoms with van der Waals surface area (Å²) in [6.45, 7) is 1.99. The molecule has 150 valence electrons. The molecule has 0 spiro atoms. The number of methoxy groups -OCH3 is 1. The van der Waals surface area contributed by atoms with E-state index in [2.05, 4.69) is 15.3 Å². The van der Waals surface area contributed by atoms with Crippen molar-refractivity contribution < 1.29 is 13.9 Å². The maximum absolute atomic E-state index is 13.8. The van der Waals surface area contributed by atoms with E-state index in [9.17, 15) is 9.18 Å². The number of aromatic nitrogens is 2. The van der Waals surface area contributed by atoms with Crippen molar-refractivity contribution in [1.29, 1.82) is 0 Å². The second-order valence-corrected chi connectivity index (χ2v) is 8.06. The number of halogens is 2. The fourth-order valence-electron chi connectivity index (χ4n) is 3.77. The lowest BCUT2D eigenvalue weighted by atomic mass is 10.1. The van der Waals surface area contributed by atoms with Gasteiger partial charge in [-0.15, -0.1) is 0 Å². The lowest BCUT2D eigenvalue weighted by Gasteiger charge is -2.23. The molecule has 1 saturated carbocycles. The quantitative estimate of drug-likeness (QED) is 0.764. The molecule has 2 aliphatic rings. The van der Waals surface area contributed by atoms with Crippen molar-refractivity contribution in [3.05, 3.63) is 47.0 Å². The highest BCUT2D eigenvalue weighted by Gasteiger charge is 2.34. The first kappa shape index (κ1) is 19.4. The van der Waals surface area contributed by atoms with Crippen LogP contribution in [0.15, 0.2) is 30.6 Å². The molecule has 2 fully saturated rings. The van der Waals surface area contributed by atoms with Crippen molar-refractivity contribution in [2.24, 2.45) is 5.92 Å². The third-order valence-corrected chi connectivity index (χ3v) is 5.73. The second kappa shape index (κ2) is 8.19. The van der Waals surface area contributed by atoms with Crippen LogP contribution in [-0.2, 0) is 16.1 Å². The summed E-state index contributed by atoms with van der Waals surface area (Å²) in [6.07, 6.45) is 6.41. The van der Waals surface area contributed by atoms with E-state index in [1.165, 1.54) is 6.07 Å². The first-order chi connectivity index (χ1) is 13.5. The molecule has 8 heteroatoms. The second-order valence-electron chi connectivity index (χ2n) is 7.65. The average molecular weight is 407 g/mol. The fourth-order valence-corrected chi connectivity index (χ4v) is 3.89. The van der Waals surface area contributed by atoms with Crippen molar-refractivity contribution in [3.8, 4) is 0 Å². The van der Waals surface area contributed by atoms with Crippen LogP contribution in [0.25, 0.3) is 0 Å². The zero-order valence-electron chi connectivity index (χ0n) is 15.8. The normalized spacial score (nSPS) is 22.5. The summed E-state index contributed by atoms with van der Waals surface area (Å²) in [5, 5.41) is 7.51. The largest absolute Gasteiger partial charge is 0.383 e. The van der Waals surface area contributed by atoms with E-state index in [1.807, 2.05) is 16.9 Å². The molecule has 0 radical (unpaired) electrons. The van der Waals surface area contributed by atoms with Gasteiger partial charge in [0.15, 0.2) is 0 Å². The van der Waals surface area contributed by atoms with Gasteiger partial charge in [-0.25, -0.2) is 4.39 Å². The first-order valence-corrected chi connectivity index (χ1v) is 9.93. The smallest absolute Gasteiger partial charge is 0.227 e. The number of carbonyl (C=O) groups is 1. The Labute approximate surface area is 168 Å². The highest BCUT2D eigenvalue weighted by atomic mass is 35.5. The van der Waals surface area contributed by atoms with Gasteiger partial charge in [0.1, 0.15) is 5.82 Å². The molecule has 1 aliphatic heterocycles. The van der Waals surface area contributed by atoms with Gasteiger partial charge < -0.3 is 10.1 Å². The van der Waals surface area contributed by atoms with Gasteiger partial charge in [0.05, 0.1) is 29.6 Å². The molecule has 2 heterocycles. The Kier molecular flexibility index (Phi) is 5.66. The lowest BCUT2D eigenvalue weighted by Crippen LogP contribution is -2.32. The van der Waals surface area contributed by atoms with Crippen LogP contribution in [0.2, 0.25) is 5.02 Å². The summed E-state index contributed by atoms with van der Waals surface area (Å²) < 4.78 is 21.1. The third kappa shape index (κ3) is 4.37. The van der Waals surface area contributed by atoms with Crippen molar-refractivity contribution in [2.45, 2.75) is 37.9 Å². The predicted octanol–water partition coefficient (Wildman–Crippen LogP) is 3.49. The molecule has 28 heavy (non-hydrogen) atoms. The van der Waals surface area contributed by atoms with E-state index in [-0.39, 0.29) is 28.9 Å². The fraction of sp³-hybridized carbons (Fsp3) is 0.500. The SMILES string of the molecule is COC[C@@H]1C[C@H](n2cc(NC(=O)C3CC3)cn2)CN1Cc1ccc(Cl)c(F)c1. The number of nitrogens with zero attached hydrogens (tertiary/aromatic N) is 3. The van der Waals surface area contributed by atoms with Crippen LogP contribution in [0.4, 0.5) is 10.1 Å². The van der Waals surface area contributed by atoms with Gasteiger partial charge in [-0.05, 0) is 37.0 Å². The number of nitrogens with one attached hydrogen (secondary N) is 1. The highest BCUT2D eigenvalue weighted by Crippen LogP contribution is 2.32. The molecule has 4 rings (SSSR count). The van der Waals surface area contributed by atoms with Crippen LogP contribution in [0.3, 0.4) is 0 Å². The Hall–Kier alpha value is -1.96. The summed E-state index contributed by atoms with van der Waals surface area (Å²) in [4.78, 5) is 14.2. The molecular weight excluding hydrogens is 383 g/mol. The van der Waals surface area contributed by atoms with E-state index in [0.29, 0.717) is 13.2 Å². The number of rotatable bonds is 7. The maximum Gasteiger partial charge on any atom is 0.227 e. The number of amides is 1. The minimum atomic E-state index is -0.402. The average Bonchev–Trinajstić information content (AvgIpc) is 3.31. The first-order valence-electron chi connectivity index (χ1n) is 9.55. The Morgan fingerprint density at radius 1 is 1.43 bits per heavy atom. The summed E-state index contributed by atoms with van der Waals surface area (Å²) >= 11 is 5.79. The van der Waals surface area contributed by atoms with Gasteiger partial charge in [-0.2, -0.15) is 5.10 Å². The highest BCUT2D eigenvalue weighted by molar-refractivity contribution is 6.30. The Morgan fingerprint density at radius 3 is 2.96 bits per heavy atom. The summed E-state index contributed by atoms with van der Waals surface area (Å²) in [6, 6.07) is 5.31. The topological polar surface area (TPSA) is 59.4 Å². The van der Waals surface area contributed by atoms with Crippen LogP contribution in [0.5, 0.6) is 0 Å². The predicted molar refractivity (Wildman–Crippen MR) is 105 cm³/mol. The molecule has 1 amide bonds. The Morgan fingerprint density at radius 2 is 2.25 bits per heavy atom. The summed E-state index contributed by atoms with van der Waals surface area (Å²) in [5.74, 6) is -0.160. The summed E-state index contributed by atoms with van der Waals surface area (Å²) in [7, 11) is 1.69. The van der Waals surface area contributed by atoms with Crippen molar-refractivity contribution >= 4 is 23.2 Å². The molecule has 1 N–H and O–H groups in total. The molecule has 2 aromatic rings.